The first-order valence-electron chi connectivity index (χ1n) is 8.39. The lowest BCUT2D eigenvalue weighted by molar-refractivity contribution is -0.122. The molecule has 0 aromatic heterocycles. The molecule has 5 nitrogen and oxygen atoms in total. The van der Waals surface area contributed by atoms with Crippen molar-refractivity contribution in [1.29, 1.82) is 5.41 Å². The highest BCUT2D eigenvalue weighted by atomic mass is 32.2. The Kier molecular flexibility index (Phi) is 5.53. The maximum Gasteiger partial charge on any atom is 0.269 e. The number of phenolic OH excluding ortho intramolecular Hbond substituents is 1. The van der Waals surface area contributed by atoms with Crippen LogP contribution in [0.3, 0.4) is 0 Å². The third kappa shape index (κ3) is 3.57. The highest BCUT2D eigenvalue weighted by Crippen LogP contribution is 2.49. The Morgan fingerprint density at radius 3 is 2.74 bits per heavy atom. The number of nitrogens with zero attached hydrogens (tertiary/aromatic N) is 2. The molecule has 3 rings (SSSR count). The van der Waals surface area contributed by atoms with Crippen LogP contribution in [0.25, 0.3) is 5.70 Å². The van der Waals surface area contributed by atoms with E-state index in [9.17, 15) is 9.90 Å². The van der Waals surface area contributed by atoms with Crippen LogP contribution in [0, 0.1) is 5.41 Å². The van der Waals surface area contributed by atoms with Crippen LogP contribution in [0.5, 0.6) is 5.75 Å². The first-order chi connectivity index (χ1) is 12.9. The van der Waals surface area contributed by atoms with Crippen molar-refractivity contribution in [3.8, 4) is 5.75 Å². The van der Waals surface area contributed by atoms with Crippen LogP contribution in [-0.4, -0.2) is 39.6 Å². The van der Waals surface area contributed by atoms with Gasteiger partial charge in [-0.1, -0.05) is 42.6 Å². The summed E-state index contributed by atoms with van der Waals surface area (Å²) in [6.07, 6.45) is 3.60. The molecule has 0 unspecified atom stereocenters. The molecule has 140 valence electrons. The molecule has 1 aromatic rings. The summed E-state index contributed by atoms with van der Waals surface area (Å²) < 4.78 is 0. The van der Waals surface area contributed by atoms with Crippen LogP contribution < -0.4 is 0 Å². The largest absolute Gasteiger partial charge is 0.508 e. The minimum Gasteiger partial charge on any atom is -0.508 e. The van der Waals surface area contributed by atoms with Gasteiger partial charge in [-0.15, -0.1) is 0 Å². The molecule has 7 heteroatoms. The highest BCUT2D eigenvalue weighted by Gasteiger charge is 2.38. The Labute approximate surface area is 167 Å². The molecular formula is C20H21N3O2S2. The van der Waals surface area contributed by atoms with Crippen LogP contribution >= 0.6 is 23.5 Å². The molecule has 1 amide bonds. The molecule has 2 N–H and O–H groups in total. The van der Waals surface area contributed by atoms with Gasteiger partial charge in [0.2, 0.25) is 0 Å². The fourth-order valence-electron chi connectivity index (χ4n) is 2.99. The van der Waals surface area contributed by atoms with Gasteiger partial charge in [-0.2, -0.15) is 0 Å². The number of amides is 1. The summed E-state index contributed by atoms with van der Waals surface area (Å²) in [7, 11) is 1.91. The minimum absolute atomic E-state index is 0.162. The number of hydrogen-bond acceptors (Lipinski definition) is 6. The Morgan fingerprint density at radius 1 is 1.37 bits per heavy atom. The highest BCUT2D eigenvalue weighted by molar-refractivity contribution is 8.19. The van der Waals surface area contributed by atoms with Gasteiger partial charge in [0.05, 0.1) is 17.3 Å². The molecule has 1 saturated heterocycles. The topological polar surface area (TPSA) is 67.6 Å². The maximum absolute atomic E-state index is 13.0. The lowest BCUT2D eigenvalue weighted by Gasteiger charge is -2.19. The zero-order valence-electron chi connectivity index (χ0n) is 15.4. The Morgan fingerprint density at radius 2 is 2.11 bits per heavy atom. The van der Waals surface area contributed by atoms with E-state index in [2.05, 4.69) is 6.58 Å². The summed E-state index contributed by atoms with van der Waals surface area (Å²) >= 11 is 2.71. The molecule has 1 aromatic carbocycles. The van der Waals surface area contributed by atoms with E-state index >= 15 is 0 Å². The number of hydrogen-bond donors (Lipinski definition) is 2. The van der Waals surface area contributed by atoms with Crippen molar-refractivity contribution in [1.82, 2.24) is 9.80 Å². The van der Waals surface area contributed by atoms with Gasteiger partial charge in [0.15, 0.2) is 5.17 Å². The predicted molar refractivity (Wildman–Crippen MR) is 114 cm³/mol. The van der Waals surface area contributed by atoms with E-state index in [4.69, 9.17) is 5.41 Å². The van der Waals surface area contributed by atoms with Gasteiger partial charge in [0.1, 0.15) is 10.7 Å². The van der Waals surface area contributed by atoms with Crippen molar-refractivity contribution >= 4 is 40.3 Å². The van der Waals surface area contributed by atoms with E-state index in [0.717, 1.165) is 26.8 Å². The molecule has 0 bridgehead atoms. The Bertz CT molecular complexity index is 931. The van der Waals surface area contributed by atoms with Crippen LogP contribution in [0.2, 0.25) is 0 Å². The van der Waals surface area contributed by atoms with E-state index in [1.54, 1.807) is 24.3 Å². The predicted octanol–water partition coefficient (Wildman–Crippen LogP) is 4.57. The number of allylic oxidation sites excluding steroid dienone is 2. The second kappa shape index (κ2) is 7.70. The molecule has 0 spiro atoms. The van der Waals surface area contributed by atoms with E-state index < -0.39 is 0 Å². The number of aromatic hydroxyl groups is 1. The van der Waals surface area contributed by atoms with E-state index in [1.165, 1.54) is 28.4 Å². The molecule has 2 aliphatic rings. The number of carbonyl (C=O) groups excluding carboxylic acids is 1. The van der Waals surface area contributed by atoms with Crippen LogP contribution in [-0.2, 0) is 4.79 Å². The number of phenols is 1. The van der Waals surface area contributed by atoms with Gasteiger partial charge >= 0.3 is 0 Å². The lowest BCUT2D eigenvalue weighted by atomic mass is 10.1. The smallest absolute Gasteiger partial charge is 0.269 e. The van der Waals surface area contributed by atoms with Crippen molar-refractivity contribution in [2.75, 3.05) is 13.6 Å². The number of thioether (sulfide) groups is 2. The van der Waals surface area contributed by atoms with Gasteiger partial charge in [0.25, 0.3) is 5.91 Å². The van der Waals surface area contributed by atoms with Gasteiger partial charge in [-0.3, -0.25) is 15.1 Å². The van der Waals surface area contributed by atoms with E-state index in [0.29, 0.717) is 11.4 Å². The molecule has 0 radical (unpaired) electrons. The van der Waals surface area contributed by atoms with Crippen LogP contribution in [0.4, 0.5) is 0 Å². The number of carbonyl (C=O) groups is 1. The summed E-state index contributed by atoms with van der Waals surface area (Å²) in [5.41, 5.74) is 2.75. The Balaban J connectivity index is 1.93. The summed E-state index contributed by atoms with van der Waals surface area (Å²) in [5.74, 6) is 0.0420. The van der Waals surface area contributed by atoms with Gasteiger partial charge in [0, 0.05) is 17.5 Å². The number of benzene rings is 1. The van der Waals surface area contributed by atoms with Gasteiger partial charge < -0.3 is 10.0 Å². The van der Waals surface area contributed by atoms with Crippen molar-refractivity contribution in [2.45, 2.75) is 13.8 Å². The quantitative estimate of drug-likeness (QED) is 0.573. The van der Waals surface area contributed by atoms with Gasteiger partial charge in [-0.05, 0) is 43.3 Å². The van der Waals surface area contributed by atoms with Crippen LogP contribution in [0.15, 0.2) is 63.4 Å². The molecule has 0 atom stereocenters. The number of rotatable bonds is 4. The molecule has 1 fully saturated rings. The lowest BCUT2D eigenvalue weighted by Crippen LogP contribution is -2.30. The monoisotopic (exact) mass is 399 g/mol. The molecule has 27 heavy (non-hydrogen) atoms. The second-order valence-electron chi connectivity index (χ2n) is 6.12. The SMILES string of the molecule is C=C/C(=C\C)CN1C(=N)S/C(=C2\SC(C)=C(c3cccc(O)c3)N2C)C1=O. The third-order valence-electron chi connectivity index (χ3n) is 4.39. The summed E-state index contributed by atoms with van der Waals surface area (Å²) in [4.78, 5) is 18.0. The molecule has 2 heterocycles. The molecule has 2 aliphatic heterocycles. The summed E-state index contributed by atoms with van der Waals surface area (Å²) in [6.45, 7) is 8.00. The molecule has 0 saturated carbocycles. The number of nitrogens with one attached hydrogen (secondary N) is 1. The van der Waals surface area contributed by atoms with Crippen molar-refractivity contribution < 1.29 is 9.90 Å². The fraction of sp³-hybridized carbons (Fsp3) is 0.200. The zero-order chi connectivity index (χ0) is 19.7. The maximum atomic E-state index is 13.0. The first-order valence-corrected chi connectivity index (χ1v) is 10.0. The van der Waals surface area contributed by atoms with E-state index in [1.807, 2.05) is 37.9 Å². The average molecular weight is 400 g/mol. The minimum atomic E-state index is -0.162. The van der Waals surface area contributed by atoms with Gasteiger partial charge in [-0.25, -0.2) is 0 Å². The Hall–Kier alpha value is -2.38. The standard InChI is InChI=1S/C20H21N3O2S2/c1-5-13(6-2)11-23-18(25)17(27-20(23)21)19-22(4)16(12(3)26-19)14-8-7-9-15(24)10-14/h5-10,21,24H,1,11H2,2-4H3/b13-6+,19-17-,21-20?. The van der Waals surface area contributed by atoms with Crippen molar-refractivity contribution in [3.63, 3.8) is 0 Å². The third-order valence-corrected chi connectivity index (χ3v) is 6.68. The summed E-state index contributed by atoms with van der Waals surface area (Å²) in [6, 6.07) is 7.08. The molecule has 0 aliphatic carbocycles. The van der Waals surface area contributed by atoms with Crippen LogP contribution in [0.1, 0.15) is 19.4 Å². The van der Waals surface area contributed by atoms with Crippen molar-refractivity contribution in [2.24, 2.45) is 0 Å². The summed E-state index contributed by atoms with van der Waals surface area (Å²) in [5, 5.41) is 19.1. The number of amidine groups is 1. The average Bonchev–Trinajstić information content (AvgIpc) is 3.08. The van der Waals surface area contributed by atoms with Crippen molar-refractivity contribution in [3.05, 3.63) is 69.0 Å². The molecular weight excluding hydrogens is 378 g/mol. The first kappa shape index (κ1) is 19.4. The fourth-order valence-corrected chi connectivity index (χ4v) is 5.17. The normalized spacial score (nSPS) is 20.9. The zero-order valence-corrected chi connectivity index (χ0v) is 17.1. The van der Waals surface area contributed by atoms with E-state index in [-0.39, 0.29) is 16.8 Å². The second-order valence-corrected chi connectivity index (χ2v) is 8.32.